The molecule has 0 aromatic rings. The zero-order valence-electron chi connectivity index (χ0n) is 7.02. The van der Waals surface area contributed by atoms with Gasteiger partial charge >= 0.3 is 0 Å². The number of amides is 1. The summed E-state index contributed by atoms with van der Waals surface area (Å²) in [4.78, 5) is 9.96. The molecule has 0 aromatic heterocycles. The maximum atomic E-state index is 9.96. The quantitative estimate of drug-likeness (QED) is 0.438. The van der Waals surface area contributed by atoms with E-state index in [1.54, 1.807) is 0 Å². The number of hydrogen-bond donors (Lipinski definition) is 2. The van der Waals surface area contributed by atoms with E-state index in [1.165, 1.54) is 6.42 Å². The lowest BCUT2D eigenvalue weighted by Crippen LogP contribution is -2.54. The first-order valence-corrected chi connectivity index (χ1v) is 4.21. The van der Waals surface area contributed by atoms with Crippen LogP contribution >= 0.6 is 0 Å². The Bertz CT molecular complexity index is 127. The van der Waals surface area contributed by atoms with Crippen molar-refractivity contribution in [2.75, 3.05) is 19.6 Å². The minimum atomic E-state index is 0.482. The molecule has 1 aliphatic heterocycles. The summed E-state index contributed by atoms with van der Waals surface area (Å²) >= 11 is 0. The Morgan fingerprint density at radius 3 is 2.73 bits per heavy atom. The first-order chi connectivity index (χ1) is 5.33. The molecule has 1 fully saturated rings. The van der Waals surface area contributed by atoms with Crippen molar-refractivity contribution in [3.8, 4) is 0 Å². The number of rotatable bonds is 5. The second-order valence-corrected chi connectivity index (χ2v) is 3.28. The third kappa shape index (κ3) is 1.93. The summed E-state index contributed by atoms with van der Waals surface area (Å²) in [6.45, 7) is 5.26. The van der Waals surface area contributed by atoms with Crippen molar-refractivity contribution in [3.63, 3.8) is 0 Å². The van der Waals surface area contributed by atoms with Crippen molar-refractivity contribution < 1.29 is 4.79 Å². The van der Waals surface area contributed by atoms with E-state index in [4.69, 9.17) is 0 Å². The van der Waals surface area contributed by atoms with Gasteiger partial charge in [0.15, 0.2) is 0 Å². The largest absolute Gasteiger partial charge is 0.359 e. The Hall–Kier alpha value is -0.570. The molecular formula is C8H16N2O. The number of hydrogen-bond acceptors (Lipinski definition) is 2. The van der Waals surface area contributed by atoms with Gasteiger partial charge in [0.2, 0.25) is 6.41 Å². The SMILES string of the molecule is CCC1(CCNC=O)CNC1. The van der Waals surface area contributed by atoms with Crippen molar-refractivity contribution >= 4 is 6.41 Å². The highest BCUT2D eigenvalue weighted by atomic mass is 16.1. The molecule has 1 saturated heterocycles. The van der Waals surface area contributed by atoms with E-state index >= 15 is 0 Å². The fourth-order valence-electron chi connectivity index (χ4n) is 1.48. The van der Waals surface area contributed by atoms with Crippen LogP contribution in [0.15, 0.2) is 0 Å². The van der Waals surface area contributed by atoms with Gasteiger partial charge in [-0.3, -0.25) is 4.79 Å². The third-order valence-electron chi connectivity index (χ3n) is 2.63. The maximum Gasteiger partial charge on any atom is 0.207 e. The van der Waals surface area contributed by atoms with Gasteiger partial charge in [-0.05, 0) is 18.3 Å². The lowest BCUT2D eigenvalue weighted by atomic mass is 9.76. The van der Waals surface area contributed by atoms with Gasteiger partial charge in [0, 0.05) is 19.6 Å². The smallest absolute Gasteiger partial charge is 0.207 e. The summed E-state index contributed by atoms with van der Waals surface area (Å²) in [7, 11) is 0. The average Bonchev–Trinajstić information content (AvgIpc) is 1.95. The van der Waals surface area contributed by atoms with Crippen LogP contribution in [0.25, 0.3) is 0 Å². The van der Waals surface area contributed by atoms with Crippen molar-refractivity contribution in [3.05, 3.63) is 0 Å². The monoisotopic (exact) mass is 156 g/mol. The van der Waals surface area contributed by atoms with Crippen LogP contribution in [0.3, 0.4) is 0 Å². The predicted molar refractivity (Wildman–Crippen MR) is 44.3 cm³/mol. The number of carbonyl (C=O) groups excluding carboxylic acids is 1. The van der Waals surface area contributed by atoms with Crippen LogP contribution in [0.1, 0.15) is 19.8 Å². The normalized spacial score (nSPS) is 20.5. The Balaban J connectivity index is 2.16. The molecule has 11 heavy (non-hydrogen) atoms. The van der Waals surface area contributed by atoms with E-state index in [1.807, 2.05) is 0 Å². The van der Waals surface area contributed by atoms with Crippen LogP contribution in [0.5, 0.6) is 0 Å². The van der Waals surface area contributed by atoms with Gasteiger partial charge in [0.1, 0.15) is 0 Å². The van der Waals surface area contributed by atoms with Gasteiger partial charge in [-0.25, -0.2) is 0 Å². The zero-order valence-corrected chi connectivity index (χ0v) is 7.02. The van der Waals surface area contributed by atoms with Crippen LogP contribution in [-0.2, 0) is 4.79 Å². The summed E-state index contributed by atoms with van der Waals surface area (Å²) < 4.78 is 0. The van der Waals surface area contributed by atoms with E-state index in [2.05, 4.69) is 17.6 Å². The Morgan fingerprint density at radius 1 is 1.64 bits per heavy atom. The van der Waals surface area contributed by atoms with Crippen LogP contribution in [0.4, 0.5) is 0 Å². The summed E-state index contributed by atoms with van der Waals surface area (Å²) in [6, 6.07) is 0. The first-order valence-electron chi connectivity index (χ1n) is 4.21. The molecule has 2 N–H and O–H groups in total. The summed E-state index contributed by atoms with van der Waals surface area (Å²) in [5.74, 6) is 0. The fourth-order valence-corrected chi connectivity index (χ4v) is 1.48. The van der Waals surface area contributed by atoms with E-state index in [0.717, 1.165) is 32.5 Å². The highest BCUT2D eigenvalue weighted by Gasteiger charge is 2.33. The molecular weight excluding hydrogens is 140 g/mol. The molecule has 0 saturated carbocycles. The van der Waals surface area contributed by atoms with E-state index in [0.29, 0.717) is 5.41 Å². The van der Waals surface area contributed by atoms with Crippen molar-refractivity contribution in [2.45, 2.75) is 19.8 Å². The lowest BCUT2D eigenvalue weighted by Gasteiger charge is -2.42. The molecule has 0 bridgehead atoms. The van der Waals surface area contributed by atoms with Gasteiger partial charge < -0.3 is 10.6 Å². The molecule has 3 heteroatoms. The molecule has 0 radical (unpaired) electrons. The molecule has 1 rings (SSSR count). The second-order valence-electron chi connectivity index (χ2n) is 3.28. The summed E-state index contributed by atoms with van der Waals surface area (Å²) in [5.41, 5.74) is 0.482. The molecule has 1 amide bonds. The minimum Gasteiger partial charge on any atom is -0.359 e. The van der Waals surface area contributed by atoms with Crippen LogP contribution in [0.2, 0.25) is 0 Å². The number of nitrogens with one attached hydrogen (secondary N) is 2. The Morgan fingerprint density at radius 2 is 2.36 bits per heavy atom. The van der Waals surface area contributed by atoms with Gasteiger partial charge in [0.25, 0.3) is 0 Å². The average molecular weight is 156 g/mol. The van der Waals surface area contributed by atoms with Gasteiger partial charge in [-0.15, -0.1) is 0 Å². The van der Waals surface area contributed by atoms with E-state index < -0.39 is 0 Å². The summed E-state index contributed by atoms with van der Waals surface area (Å²) in [6.07, 6.45) is 3.09. The molecule has 1 aliphatic rings. The third-order valence-corrected chi connectivity index (χ3v) is 2.63. The van der Waals surface area contributed by atoms with Gasteiger partial charge in [-0.2, -0.15) is 0 Å². The lowest BCUT2D eigenvalue weighted by molar-refractivity contribution is -0.109. The second kappa shape index (κ2) is 3.72. The first kappa shape index (κ1) is 8.53. The summed E-state index contributed by atoms with van der Waals surface area (Å²) in [5, 5.41) is 5.96. The van der Waals surface area contributed by atoms with Crippen LogP contribution in [0, 0.1) is 5.41 Å². The van der Waals surface area contributed by atoms with Crippen molar-refractivity contribution in [1.82, 2.24) is 10.6 Å². The molecule has 0 atom stereocenters. The van der Waals surface area contributed by atoms with Gasteiger partial charge in [0.05, 0.1) is 0 Å². The molecule has 0 aromatic carbocycles. The highest BCUT2D eigenvalue weighted by Crippen LogP contribution is 2.29. The molecule has 0 spiro atoms. The van der Waals surface area contributed by atoms with E-state index in [-0.39, 0.29) is 0 Å². The van der Waals surface area contributed by atoms with Crippen molar-refractivity contribution in [1.29, 1.82) is 0 Å². The Kier molecular flexibility index (Phi) is 2.88. The van der Waals surface area contributed by atoms with Gasteiger partial charge in [-0.1, -0.05) is 6.92 Å². The zero-order chi connectivity index (χ0) is 8.16. The maximum absolute atomic E-state index is 9.96. The molecule has 0 unspecified atom stereocenters. The fraction of sp³-hybridized carbons (Fsp3) is 0.875. The molecule has 1 heterocycles. The molecule has 64 valence electrons. The Labute approximate surface area is 67.5 Å². The van der Waals surface area contributed by atoms with Crippen molar-refractivity contribution in [2.24, 2.45) is 5.41 Å². The van der Waals surface area contributed by atoms with Crippen LogP contribution in [-0.4, -0.2) is 26.0 Å². The standard InChI is InChI=1S/C8H16N2O/c1-2-8(5-10-6-8)3-4-9-7-11/h7,10H,2-6H2,1H3,(H,9,11). The predicted octanol–water partition coefficient (Wildman–Crippen LogP) is 0.122. The van der Waals surface area contributed by atoms with E-state index in [9.17, 15) is 4.79 Å². The topological polar surface area (TPSA) is 41.1 Å². The molecule has 0 aliphatic carbocycles. The minimum absolute atomic E-state index is 0.482. The highest BCUT2D eigenvalue weighted by molar-refractivity contribution is 5.45. The molecule has 3 nitrogen and oxygen atoms in total. The number of carbonyl (C=O) groups is 1. The van der Waals surface area contributed by atoms with Crippen LogP contribution < -0.4 is 10.6 Å².